The van der Waals surface area contributed by atoms with Crippen LogP contribution in [0.2, 0.25) is 0 Å². The molecule has 3 aromatic carbocycles. The molecule has 0 spiro atoms. The summed E-state index contributed by atoms with van der Waals surface area (Å²) in [7, 11) is 0. The summed E-state index contributed by atoms with van der Waals surface area (Å²) in [5.74, 6) is -1.51. The van der Waals surface area contributed by atoms with Crippen LogP contribution in [0, 0.1) is 5.92 Å². The molecule has 3 aromatic rings. The smallest absolute Gasteiger partial charge is 0.266 e. The van der Waals surface area contributed by atoms with Gasteiger partial charge in [-0.2, -0.15) is 0 Å². The first-order valence-corrected chi connectivity index (χ1v) is 11.3. The fourth-order valence-corrected chi connectivity index (χ4v) is 4.65. The second kappa shape index (κ2) is 8.76. The first kappa shape index (κ1) is 21.9. The predicted octanol–water partition coefficient (Wildman–Crippen LogP) is 4.26. The summed E-state index contributed by atoms with van der Waals surface area (Å²) in [6.07, 6.45) is -0.0439. The quantitative estimate of drug-likeness (QED) is 0.582. The van der Waals surface area contributed by atoms with Gasteiger partial charge in [0.1, 0.15) is 5.92 Å². The molecular weight excluding hydrogens is 430 g/mol. The number of hydrogen-bond acceptors (Lipinski definition) is 5. The van der Waals surface area contributed by atoms with Gasteiger partial charge in [0.2, 0.25) is 11.8 Å². The summed E-state index contributed by atoms with van der Waals surface area (Å²) in [5, 5.41) is 4.42. The van der Waals surface area contributed by atoms with Gasteiger partial charge in [0.05, 0.1) is 17.4 Å². The van der Waals surface area contributed by atoms with Crippen molar-refractivity contribution in [3.63, 3.8) is 0 Å². The molecule has 2 fully saturated rings. The molecule has 1 N–H and O–H groups in total. The Morgan fingerprint density at radius 3 is 2.18 bits per heavy atom. The van der Waals surface area contributed by atoms with E-state index in [1.807, 2.05) is 66.7 Å². The Morgan fingerprint density at radius 2 is 1.56 bits per heavy atom. The van der Waals surface area contributed by atoms with Crippen molar-refractivity contribution in [1.29, 1.82) is 0 Å². The lowest BCUT2D eigenvalue weighted by Gasteiger charge is -2.29. The van der Waals surface area contributed by atoms with Crippen LogP contribution >= 0.6 is 0 Å². The van der Waals surface area contributed by atoms with Gasteiger partial charge < -0.3 is 5.32 Å². The highest BCUT2D eigenvalue weighted by atomic mass is 16.7. The number of hydrogen-bond donors (Lipinski definition) is 1. The van der Waals surface area contributed by atoms with Gasteiger partial charge in [-0.05, 0) is 53.9 Å². The van der Waals surface area contributed by atoms with E-state index in [2.05, 4.69) is 12.2 Å². The standard InChI is InChI=1S/C27H25N3O4/c1-3-18-9-15-21(16-10-18)29-26(32)23-24(19-11-13-20(14-12-19)28-17(2)31)30(34-25(23)27(29)33)22-7-5-4-6-8-22/h4-16,23-25H,3H2,1-2H3,(H,28,31)/t23-,24-,25-/m1/s1. The van der Waals surface area contributed by atoms with Crippen molar-refractivity contribution in [2.75, 3.05) is 15.3 Å². The molecule has 172 valence electrons. The Labute approximate surface area is 197 Å². The minimum atomic E-state index is -0.918. The molecule has 2 heterocycles. The van der Waals surface area contributed by atoms with Crippen molar-refractivity contribution < 1.29 is 19.2 Å². The van der Waals surface area contributed by atoms with E-state index in [1.54, 1.807) is 17.2 Å². The van der Waals surface area contributed by atoms with Crippen LogP contribution in [0.1, 0.15) is 31.0 Å². The SMILES string of the molecule is CCc1ccc(N2C(=O)[C@@H]3[C@@H](c4ccc(NC(C)=O)cc4)N(c4ccccc4)O[C@H]3C2=O)cc1. The van der Waals surface area contributed by atoms with Crippen molar-refractivity contribution in [3.05, 3.63) is 90.0 Å². The molecule has 5 rings (SSSR count). The number of nitrogens with one attached hydrogen (secondary N) is 1. The molecule has 3 atom stereocenters. The Hall–Kier alpha value is -3.97. The normalized spacial score (nSPS) is 21.6. The molecule has 0 aliphatic carbocycles. The highest BCUT2D eigenvalue weighted by molar-refractivity contribution is 6.23. The number of nitrogens with zero attached hydrogens (tertiary/aromatic N) is 2. The number of anilines is 3. The van der Waals surface area contributed by atoms with E-state index in [-0.39, 0.29) is 17.7 Å². The second-order valence-electron chi connectivity index (χ2n) is 8.49. The lowest BCUT2D eigenvalue weighted by atomic mass is 9.90. The van der Waals surface area contributed by atoms with E-state index >= 15 is 0 Å². The maximum atomic E-state index is 13.7. The third kappa shape index (κ3) is 3.74. The number of rotatable bonds is 5. The first-order chi connectivity index (χ1) is 16.5. The summed E-state index contributed by atoms with van der Waals surface area (Å²) in [5.41, 5.74) is 3.91. The maximum absolute atomic E-state index is 13.7. The van der Waals surface area contributed by atoms with Crippen LogP contribution in [0.4, 0.5) is 17.1 Å². The molecule has 34 heavy (non-hydrogen) atoms. The van der Waals surface area contributed by atoms with Gasteiger partial charge in [0.25, 0.3) is 5.91 Å². The molecule has 2 saturated heterocycles. The number of imide groups is 1. The zero-order valence-electron chi connectivity index (χ0n) is 19.0. The van der Waals surface area contributed by atoms with Gasteiger partial charge in [0.15, 0.2) is 6.10 Å². The fraction of sp³-hybridized carbons (Fsp3) is 0.222. The van der Waals surface area contributed by atoms with E-state index in [0.717, 1.165) is 23.2 Å². The van der Waals surface area contributed by atoms with E-state index in [1.165, 1.54) is 11.8 Å². The average Bonchev–Trinajstić information content (AvgIpc) is 3.36. The van der Waals surface area contributed by atoms with Gasteiger partial charge >= 0.3 is 0 Å². The molecule has 7 heteroatoms. The monoisotopic (exact) mass is 455 g/mol. The van der Waals surface area contributed by atoms with Crippen LogP contribution in [-0.2, 0) is 25.6 Å². The molecule has 7 nitrogen and oxygen atoms in total. The molecule has 0 aromatic heterocycles. The van der Waals surface area contributed by atoms with Gasteiger partial charge in [-0.25, -0.2) is 9.96 Å². The van der Waals surface area contributed by atoms with Gasteiger partial charge in [-0.3, -0.25) is 19.2 Å². The lowest BCUT2D eigenvalue weighted by Crippen LogP contribution is -2.37. The Balaban J connectivity index is 1.53. The van der Waals surface area contributed by atoms with E-state index < -0.39 is 18.1 Å². The van der Waals surface area contributed by atoms with Crippen LogP contribution < -0.4 is 15.3 Å². The predicted molar refractivity (Wildman–Crippen MR) is 129 cm³/mol. The Bertz CT molecular complexity index is 1220. The zero-order chi connectivity index (χ0) is 23.8. The topological polar surface area (TPSA) is 79.0 Å². The van der Waals surface area contributed by atoms with Crippen LogP contribution in [0.5, 0.6) is 0 Å². The molecule has 3 amide bonds. The number of benzene rings is 3. The summed E-state index contributed by atoms with van der Waals surface area (Å²) >= 11 is 0. The van der Waals surface area contributed by atoms with Crippen LogP contribution in [0.25, 0.3) is 0 Å². The van der Waals surface area contributed by atoms with Crippen molar-refractivity contribution in [2.45, 2.75) is 32.4 Å². The number of fused-ring (bicyclic) bond motifs is 1. The first-order valence-electron chi connectivity index (χ1n) is 11.3. The summed E-state index contributed by atoms with van der Waals surface area (Å²) < 4.78 is 0. The number of carbonyl (C=O) groups is 3. The number of carbonyl (C=O) groups excluding carboxylic acids is 3. The molecule has 0 radical (unpaired) electrons. The third-order valence-corrected chi connectivity index (χ3v) is 6.30. The van der Waals surface area contributed by atoms with Gasteiger partial charge in [-0.15, -0.1) is 0 Å². The highest BCUT2D eigenvalue weighted by Gasteiger charge is 2.60. The zero-order valence-corrected chi connectivity index (χ0v) is 19.0. The largest absolute Gasteiger partial charge is 0.326 e. The van der Waals surface area contributed by atoms with Crippen LogP contribution in [0.15, 0.2) is 78.9 Å². The van der Waals surface area contributed by atoms with Gasteiger partial charge in [0, 0.05) is 12.6 Å². The second-order valence-corrected chi connectivity index (χ2v) is 8.49. The van der Waals surface area contributed by atoms with Crippen molar-refractivity contribution in [1.82, 2.24) is 0 Å². The molecule has 0 unspecified atom stereocenters. The number of amides is 3. The number of hydroxylamine groups is 1. The minimum Gasteiger partial charge on any atom is -0.326 e. The Morgan fingerprint density at radius 1 is 0.882 bits per heavy atom. The number of para-hydroxylation sites is 1. The van der Waals surface area contributed by atoms with E-state index in [4.69, 9.17) is 4.84 Å². The van der Waals surface area contributed by atoms with Crippen molar-refractivity contribution in [3.8, 4) is 0 Å². The fourth-order valence-electron chi connectivity index (χ4n) is 4.65. The summed E-state index contributed by atoms with van der Waals surface area (Å²) in [6.45, 7) is 3.50. The maximum Gasteiger partial charge on any atom is 0.266 e. The van der Waals surface area contributed by atoms with E-state index in [9.17, 15) is 14.4 Å². The number of aryl methyl sites for hydroxylation is 1. The third-order valence-electron chi connectivity index (χ3n) is 6.30. The highest BCUT2D eigenvalue weighted by Crippen LogP contribution is 2.47. The molecule has 0 bridgehead atoms. The molecule has 2 aliphatic rings. The molecule has 0 saturated carbocycles. The van der Waals surface area contributed by atoms with Crippen LogP contribution in [-0.4, -0.2) is 23.8 Å². The molecular formula is C27H25N3O4. The summed E-state index contributed by atoms with van der Waals surface area (Å²) in [6, 6.07) is 23.7. The lowest BCUT2D eigenvalue weighted by molar-refractivity contribution is -0.126. The van der Waals surface area contributed by atoms with Gasteiger partial charge in [-0.1, -0.05) is 49.4 Å². The van der Waals surface area contributed by atoms with Crippen LogP contribution in [0.3, 0.4) is 0 Å². The average molecular weight is 456 g/mol. The Kier molecular flexibility index (Phi) is 5.63. The molecule has 2 aliphatic heterocycles. The summed E-state index contributed by atoms with van der Waals surface area (Å²) in [4.78, 5) is 45.9. The van der Waals surface area contributed by atoms with E-state index in [0.29, 0.717) is 11.4 Å². The van der Waals surface area contributed by atoms with Crippen molar-refractivity contribution in [2.24, 2.45) is 5.92 Å². The minimum absolute atomic E-state index is 0.163. The van der Waals surface area contributed by atoms with Crippen molar-refractivity contribution >= 4 is 34.8 Å².